The van der Waals surface area contributed by atoms with Crippen molar-refractivity contribution in [3.63, 3.8) is 0 Å². The van der Waals surface area contributed by atoms with Gasteiger partial charge in [0.2, 0.25) is 0 Å². The lowest BCUT2D eigenvalue weighted by atomic mass is 10.9. The molecule has 0 saturated carbocycles. The highest BCUT2D eigenvalue weighted by molar-refractivity contribution is 7.75. The molecule has 0 aliphatic heterocycles. The minimum atomic E-state index is -3.37. The molecular formula is C14H37O3P3. The maximum absolute atomic E-state index is 8.48. The highest BCUT2D eigenvalue weighted by Gasteiger charge is 2.23. The van der Waals surface area contributed by atoms with Crippen molar-refractivity contribution in [2.24, 2.45) is 0 Å². The zero-order valence-corrected chi connectivity index (χ0v) is 17.5. The molecule has 0 saturated heterocycles. The standard InChI is InChI=1S/2C7H18P.O3P/c2*1-5-8(4,6-2)7-3;1-4(2)3/h2*5-7H2,1-4H3;/q2*+1;-3/p+1. The highest BCUT2D eigenvalue weighted by atomic mass is 31.2. The van der Waals surface area contributed by atoms with Gasteiger partial charge < -0.3 is 23.3 Å². The predicted molar refractivity (Wildman–Crippen MR) is 97.0 cm³/mol. The van der Waals surface area contributed by atoms with Crippen LogP contribution in [0.2, 0.25) is 0 Å². The summed E-state index contributed by atoms with van der Waals surface area (Å²) in [4.78, 5) is 25.4. The van der Waals surface area contributed by atoms with Crippen molar-refractivity contribution >= 4 is 23.1 Å². The molecule has 0 bridgehead atoms. The lowest BCUT2D eigenvalue weighted by Crippen LogP contribution is -2.18. The first-order valence-corrected chi connectivity index (χ1v) is 14.3. The second-order valence-corrected chi connectivity index (χ2v) is 16.1. The van der Waals surface area contributed by atoms with Gasteiger partial charge in [0.15, 0.2) is 0 Å². The van der Waals surface area contributed by atoms with Crippen LogP contribution in [0.4, 0.5) is 0 Å². The lowest BCUT2D eigenvalue weighted by molar-refractivity contribution is -0.407. The van der Waals surface area contributed by atoms with Crippen LogP contribution in [-0.2, 0) is 0 Å². The molecule has 0 radical (unpaired) electrons. The molecule has 0 fully saturated rings. The molecule has 0 amide bonds. The lowest BCUT2D eigenvalue weighted by Gasteiger charge is -2.39. The van der Waals surface area contributed by atoms with E-state index >= 15 is 0 Å². The summed E-state index contributed by atoms with van der Waals surface area (Å²) in [6.45, 7) is 18.9. The maximum Gasteiger partial charge on any atom is 1.00 e. The summed E-state index contributed by atoms with van der Waals surface area (Å²) in [5.74, 6) is 0. The van der Waals surface area contributed by atoms with Gasteiger partial charge >= 0.3 is 1.43 Å². The molecule has 0 aromatic carbocycles. The molecule has 0 heterocycles. The molecule has 0 aliphatic carbocycles. The minimum absolute atomic E-state index is 0. The summed E-state index contributed by atoms with van der Waals surface area (Å²) in [6.07, 6.45) is 8.58. The van der Waals surface area contributed by atoms with E-state index in [1.807, 2.05) is 0 Å². The number of hydrogen-bond acceptors (Lipinski definition) is 3. The predicted octanol–water partition coefficient (Wildman–Crippen LogP) is 2.79. The van der Waals surface area contributed by atoms with Crippen molar-refractivity contribution in [3.8, 4) is 0 Å². The second kappa shape index (κ2) is 15.1. The third kappa shape index (κ3) is 17.2. The van der Waals surface area contributed by atoms with Crippen LogP contribution in [0, 0.1) is 0 Å². The van der Waals surface area contributed by atoms with Crippen LogP contribution >= 0.6 is 23.1 Å². The molecule has 0 aliphatic rings. The van der Waals surface area contributed by atoms with Crippen LogP contribution in [0.15, 0.2) is 0 Å². The Bertz CT molecular complexity index is 163. The summed E-state index contributed by atoms with van der Waals surface area (Å²) in [6, 6.07) is 0. The van der Waals surface area contributed by atoms with E-state index in [1.165, 1.54) is 37.0 Å². The van der Waals surface area contributed by atoms with Crippen LogP contribution < -0.4 is 14.7 Å². The van der Waals surface area contributed by atoms with E-state index in [0.29, 0.717) is 0 Å². The van der Waals surface area contributed by atoms with Gasteiger partial charge in [-0.15, -0.1) is 0 Å². The molecule has 20 heavy (non-hydrogen) atoms. The Hall–Kier alpha value is 1.17. The first-order valence-electron chi connectivity index (χ1n) is 7.58. The molecule has 0 aromatic heterocycles. The molecule has 0 atom stereocenters. The van der Waals surface area contributed by atoms with Crippen molar-refractivity contribution in [1.82, 2.24) is 0 Å². The molecular weight excluding hydrogens is 309 g/mol. The zero-order chi connectivity index (χ0) is 16.8. The quantitative estimate of drug-likeness (QED) is 0.695. The van der Waals surface area contributed by atoms with Gasteiger partial charge in [0.25, 0.3) is 0 Å². The first-order chi connectivity index (χ1) is 9.10. The van der Waals surface area contributed by atoms with Gasteiger partial charge in [-0.05, 0) is 41.5 Å². The highest BCUT2D eigenvalue weighted by Crippen LogP contribution is 2.53. The Morgan fingerprint density at radius 3 is 0.700 bits per heavy atom. The smallest absolute Gasteiger partial charge is 0.854 e. The maximum atomic E-state index is 8.48. The third-order valence-corrected chi connectivity index (χ3v) is 13.7. The van der Waals surface area contributed by atoms with Crippen LogP contribution in [-0.4, -0.2) is 50.3 Å². The Balaban J connectivity index is -0.000000107. The number of hydrogen-bond donors (Lipinski definition) is 0. The van der Waals surface area contributed by atoms with E-state index in [-0.39, 0.29) is 1.43 Å². The topological polar surface area (TPSA) is 69.2 Å². The fourth-order valence-corrected chi connectivity index (χ4v) is 4.02. The minimum Gasteiger partial charge on any atom is -0.854 e. The molecule has 126 valence electrons. The Morgan fingerprint density at radius 2 is 0.700 bits per heavy atom. The van der Waals surface area contributed by atoms with Crippen molar-refractivity contribution in [2.75, 3.05) is 50.3 Å². The molecule has 0 rings (SSSR count). The van der Waals surface area contributed by atoms with Crippen molar-refractivity contribution < 1.29 is 16.1 Å². The molecule has 0 spiro atoms. The van der Waals surface area contributed by atoms with E-state index < -0.39 is 23.1 Å². The molecule has 0 unspecified atom stereocenters. The van der Waals surface area contributed by atoms with Gasteiger partial charge in [-0.1, -0.05) is 0 Å². The van der Waals surface area contributed by atoms with Gasteiger partial charge in [0.05, 0.1) is 37.0 Å². The van der Waals surface area contributed by atoms with E-state index in [0.717, 1.165) is 0 Å². The average molecular weight is 346 g/mol. The van der Waals surface area contributed by atoms with Crippen molar-refractivity contribution in [1.29, 1.82) is 0 Å². The molecule has 6 heteroatoms. The van der Waals surface area contributed by atoms with Crippen molar-refractivity contribution in [3.05, 3.63) is 0 Å². The van der Waals surface area contributed by atoms with Gasteiger partial charge in [-0.25, -0.2) is 0 Å². The van der Waals surface area contributed by atoms with Crippen LogP contribution in [0.25, 0.3) is 0 Å². The van der Waals surface area contributed by atoms with Gasteiger partial charge in [-0.2, -0.15) is 0 Å². The summed E-state index contributed by atoms with van der Waals surface area (Å²) >= 11 is 0. The van der Waals surface area contributed by atoms with E-state index in [1.54, 1.807) is 0 Å². The first kappa shape index (κ1) is 26.1. The van der Waals surface area contributed by atoms with Crippen LogP contribution in [0.5, 0.6) is 0 Å². The van der Waals surface area contributed by atoms with E-state index in [9.17, 15) is 0 Å². The van der Waals surface area contributed by atoms with E-state index in [4.69, 9.17) is 14.7 Å². The van der Waals surface area contributed by atoms with Gasteiger partial charge in [0.1, 0.15) is 0 Å². The van der Waals surface area contributed by atoms with Gasteiger partial charge in [-0.3, -0.25) is 0 Å². The average Bonchev–Trinajstić information content (AvgIpc) is 2.45. The SMILES string of the molecule is CC[P+](C)(CC)CC.CC[P+](C)(CC)CC.[H+].[O-]P([O-])[O-]. The largest absolute Gasteiger partial charge is 1.00 e. The molecule has 3 nitrogen and oxygen atoms in total. The van der Waals surface area contributed by atoms with Crippen LogP contribution in [0.1, 0.15) is 43.0 Å². The Kier molecular flexibility index (Phi) is 19.7. The summed E-state index contributed by atoms with van der Waals surface area (Å²) in [5.41, 5.74) is 0. The normalized spacial score (nSPS) is 11.4. The fourth-order valence-electron chi connectivity index (χ4n) is 1.34. The number of rotatable bonds is 6. The Labute approximate surface area is 131 Å². The summed E-state index contributed by atoms with van der Waals surface area (Å²) in [7, 11) is -4.19. The van der Waals surface area contributed by atoms with E-state index in [2.05, 4.69) is 54.9 Å². The van der Waals surface area contributed by atoms with Crippen molar-refractivity contribution in [2.45, 2.75) is 41.5 Å². The Morgan fingerprint density at radius 1 is 0.600 bits per heavy atom. The summed E-state index contributed by atoms with van der Waals surface area (Å²) < 4.78 is 0. The second-order valence-electron chi connectivity index (χ2n) is 5.36. The molecule has 0 aromatic rings. The monoisotopic (exact) mass is 346 g/mol. The van der Waals surface area contributed by atoms with Gasteiger partial charge in [0, 0.05) is 27.9 Å². The van der Waals surface area contributed by atoms with Crippen LogP contribution in [0.3, 0.4) is 0 Å². The summed E-state index contributed by atoms with van der Waals surface area (Å²) in [5, 5.41) is 0. The zero-order valence-electron chi connectivity index (χ0n) is 15.8. The molecule has 0 N–H and O–H groups in total. The third-order valence-electron chi connectivity index (χ3n) is 4.58. The fraction of sp³-hybridized carbons (Fsp3) is 1.00.